The Balaban J connectivity index is 4.31. The molecule has 1 amide bonds. The van der Waals surface area contributed by atoms with E-state index in [1.807, 2.05) is 6.92 Å². The van der Waals surface area contributed by atoms with Crippen molar-refractivity contribution in [2.24, 2.45) is 0 Å². The van der Waals surface area contributed by atoms with Gasteiger partial charge < -0.3 is 19.9 Å². The van der Waals surface area contributed by atoms with Crippen molar-refractivity contribution in [1.82, 2.24) is 5.32 Å². The van der Waals surface area contributed by atoms with Crippen molar-refractivity contribution in [1.29, 1.82) is 0 Å². The third-order valence-corrected chi connectivity index (χ3v) is 2.14. The van der Waals surface area contributed by atoms with Crippen LogP contribution in [0.25, 0.3) is 0 Å². The molecule has 0 saturated carbocycles. The van der Waals surface area contributed by atoms with Crippen molar-refractivity contribution in [3.63, 3.8) is 0 Å². The van der Waals surface area contributed by atoms with Crippen LogP contribution in [0.5, 0.6) is 0 Å². The molecule has 0 aromatic heterocycles. The molecule has 2 N–H and O–H groups in total. The topological polar surface area (TPSA) is 84.9 Å². The smallest absolute Gasteiger partial charge is 0.408 e. The standard InChI is InChI=1S/C13H25NO5/c1-5-6-9-18-11(16)10(7-8-15)14-12(17)19-13(2,3)4/h10,15H,5-9H2,1-4H3,(H,14,17)/t10-/m1/s1. The predicted molar refractivity (Wildman–Crippen MR) is 70.7 cm³/mol. The molecule has 0 rings (SSSR count). The molecule has 6 nitrogen and oxygen atoms in total. The van der Waals surface area contributed by atoms with Gasteiger partial charge in [-0.15, -0.1) is 0 Å². The van der Waals surface area contributed by atoms with Crippen molar-refractivity contribution >= 4 is 12.1 Å². The van der Waals surface area contributed by atoms with E-state index in [0.29, 0.717) is 6.61 Å². The van der Waals surface area contributed by atoms with Crippen LogP contribution in [0.15, 0.2) is 0 Å². The van der Waals surface area contributed by atoms with E-state index in [4.69, 9.17) is 14.6 Å². The van der Waals surface area contributed by atoms with Crippen LogP contribution in [-0.4, -0.2) is 42.0 Å². The minimum atomic E-state index is -0.878. The number of unbranched alkanes of at least 4 members (excludes halogenated alkanes) is 1. The van der Waals surface area contributed by atoms with E-state index in [0.717, 1.165) is 12.8 Å². The van der Waals surface area contributed by atoms with Gasteiger partial charge in [-0.05, 0) is 27.2 Å². The van der Waals surface area contributed by atoms with E-state index in [1.54, 1.807) is 20.8 Å². The number of carbonyl (C=O) groups excluding carboxylic acids is 2. The number of rotatable bonds is 7. The first-order valence-corrected chi connectivity index (χ1v) is 6.57. The van der Waals surface area contributed by atoms with Crippen LogP contribution in [-0.2, 0) is 14.3 Å². The zero-order valence-corrected chi connectivity index (χ0v) is 12.2. The van der Waals surface area contributed by atoms with Crippen LogP contribution < -0.4 is 5.32 Å². The summed E-state index contributed by atoms with van der Waals surface area (Å²) in [6, 6.07) is -0.878. The molecule has 0 radical (unpaired) electrons. The van der Waals surface area contributed by atoms with Gasteiger partial charge in [0, 0.05) is 13.0 Å². The van der Waals surface area contributed by atoms with Gasteiger partial charge in [0.1, 0.15) is 11.6 Å². The number of hydrogen-bond acceptors (Lipinski definition) is 5. The highest BCUT2D eigenvalue weighted by Crippen LogP contribution is 2.07. The zero-order valence-electron chi connectivity index (χ0n) is 12.2. The molecule has 0 heterocycles. The van der Waals surface area contributed by atoms with Crippen LogP contribution >= 0.6 is 0 Å². The number of ether oxygens (including phenoxy) is 2. The number of esters is 1. The molecule has 1 atom stereocenters. The summed E-state index contributed by atoms with van der Waals surface area (Å²) in [6.45, 7) is 7.27. The molecule has 0 fully saturated rings. The maximum atomic E-state index is 11.7. The Morgan fingerprint density at radius 2 is 1.95 bits per heavy atom. The molecule has 0 aliphatic rings. The average Bonchev–Trinajstić information content (AvgIpc) is 2.26. The van der Waals surface area contributed by atoms with Gasteiger partial charge in [-0.2, -0.15) is 0 Å². The third-order valence-electron chi connectivity index (χ3n) is 2.14. The largest absolute Gasteiger partial charge is 0.464 e. The second kappa shape index (κ2) is 8.74. The molecule has 0 aromatic rings. The van der Waals surface area contributed by atoms with Crippen molar-refractivity contribution in [3.05, 3.63) is 0 Å². The van der Waals surface area contributed by atoms with Gasteiger partial charge in [0.2, 0.25) is 0 Å². The number of nitrogens with one attached hydrogen (secondary N) is 1. The van der Waals surface area contributed by atoms with E-state index in [9.17, 15) is 9.59 Å². The summed E-state index contributed by atoms with van der Waals surface area (Å²) in [5.74, 6) is -0.548. The first-order valence-electron chi connectivity index (χ1n) is 6.57. The van der Waals surface area contributed by atoms with Crippen molar-refractivity contribution in [2.75, 3.05) is 13.2 Å². The summed E-state index contributed by atoms with van der Waals surface area (Å²) in [5.41, 5.74) is -0.639. The third kappa shape index (κ3) is 9.30. The summed E-state index contributed by atoms with van der Waals surface area (Å²) in [6.07, 6.45) is 1.09. The van der Waals surface area contributed by atoms with E-state index in [1.165, 1.54) is 0 Å². The fourth-order valence-electron chi connectivity index (χ4n) is 1.25. The Labute approximate surface area is 114 Å². The summed E-state index contributed by atoms with van der Waals surface area (Å²) in [7, 11) is 0. The summed E-state index contributed by atoms with van der Waals surface area (Å²) in [5, 5.41) is 11.3. The first kappa shape index (κ1) is 17.7. The SMILES string of the molecule is CCCCOC(=O)[C@@H](CCO)NC(=O)OC(C)(C)C. The highest BCUT2D eigenvalue weighted by molar-refractivity contribution is 5.81. The Kier molecular flexibility index (Phi) is 8.14. The van der Waals surface area contributed by atoms with Gasteiger partial charge in [0.15, 0.2) is 0 Å². The van der Waals surface area contributed by atoms with Crippen LogP contribution in [0.1, 0.15) is 47.0 Å². The molecule has 112 valence electrons. The normalized spacial score (nSPS) is 12.7. The predicted octanol–water partition coefficient (Wildman–Crippen LogP) is 1.61. The summed E-state index contributed by atoms with van der Waals surface area (Å²) >= 11 is 0. The second-order valence-electron chi connectivity index (χ2n) is 5.23. The number of carbonyl (C=O) groups is 2. The second-order valence-corrected chi connectivity index (χ2v) is 5.23. The van der Waals surface area contributed by atoms with E-state index in [2.05, 4.69) is 5.32 Å². The van der Waals surface area contributed by atoms with E-state index >= 15 is 0 Å². The molecule has 0 aromatic carbocycles. The van der Waals surface area contributed by atoms with Crippen LogP contribution in [0.3, 0.4) is 0 Å². The van der Waals surface area contributed by atoms with Crippen LogP contribution in [0, 0.1) is 0 Å². The van der Waals surface area contributed by atoms with Crippen molar-refractivity contribution in [3.8, 4) is 0 Å². The zero-order chi connectivity index (χ0) is 14.9. The van der Waals surface area contributed by atoms with Gasteiger partial charge >= 0.3 is 12.1 Å². The lowest BCUT2D eigenvalue weighted by Gasteiger charge is -2.22. The van der Waals surface area contributed by atoms with Gasteiger partial charge in [-0.1, -0.05) is 13.3 Å². The Bertz CT molecular complexity index is 285. The highest BCUT2D eigenvalue weighted by Gasteiger charge is 2.24. The number of aliphatic hydroxyl groups excluding tert-OH is 1. The molecule has 0 aliphatic heterocycles. The summed E-state index contributed by atoms with van der Waals surface area (Å²) < 4.78 is 10.1. The minimum absolute atomic E-state index is 0.101. The van der Waals surface area contributed by atoms with Gasteiger partial charge in [-0.25, -0.2) is 9.59 Å². The molecule has 0 saturated heterocycles. The molecule has 19 heavy (non-hydrogen) atoms. The lowest BCUT2D eigenvalue weighted by molar-refractivity contribution is -0.146. The Morgan fingerprint density at radius 3 is 2.42 bits per heavy atom. The lowest BCUT2D eigenvalue weighted by atomic mass is 10.2. The molecular weight excluding hydrogens is 250 g/mol. The maximum Gasteiger partial charge on any atom is 0.408 e. The molecular formula is C13H25NO5. The van der Waals surface area contributed by atoms with Crippen LogP contribution in [0.2, 0.25) is 0 Å². The minimum Gasteiger partial charge on any atom is -0.464 e. The Hall–Kier alpha value is -1.30. The monoisotopic (exact) mass is 275 g/mol. The highest BCUT2D eigenvalue weighted by atomic mass is 16.6. The maximum absolute atomic E-state index is 11.7. The van der Waals surface area contributed by atoms with Gasteiger partial charge in [0.05, 0.1) is 6.61 Å². The van der Waals surface area contributed by atoms with E-state index in [-0.39, 0.29) is 13.0 Å². The number of amides is 1. The van der Waals surface area contributed by atoms with Crippen molar-refractivity contribution < 1.29 is 24.2 Å². The number of aliphatic hydroxyl groups is 1. The van der Waals surface area contributed by atoms with Gasteiger partial charge in [0.25, 0.3) is 0 Å². The van der Waals surface area contributed by atoms with Gasteiger partial charge in [-0.3, -0.25) is 0 Å². The molecule has 6 heteroatoms. The molecule has 0 bridgehead atoms. The first-order chi connectivity index (χ1) is 8.80. The molecule has 0 aliphatic carbocycles. The fraction of sp³-hybridized carbons (Fsp3) is 0.846. The molecule has 0 spiro atoms. The Morgan fingerprint density at radius 1 is 1.32 bits per heavy atom. The fourth-order valence-corrected chi connectivity index (χ4v) is 1.25. The number of alkyl carbamates (subject to hydrolysis) is 1. The van der Waals surface area contributed by atoms with Crippen molar-refractivity contribution in [2.45, 2.75) is 58.6 Å². The summed E-state index contributed by atoms with van der Waals surface area (Å²) in [4.78, 5) is 23.3. The quantitative estimate of drug-likeness (QED) is 0.544. The average molecular weight is 275 g/mol. The van der Waals surface area contributed by atoms with E-state index < -0.39 is 23.7 Å². The molecule has 0 unspecified atom stereocenters. The lowest BCUT2D eigenvalue weighted by Crippen LogP contribution is -2.44. The number of hydrogen-bond donors (Lipinski definition) is 2. The van der Waals surface area contributed by atoms with Crippen LogP contribution in [0.4, 0.5) is 4.79 Å².